The number of esters is 2. The van der Waals surface area contributed by atoms with Crippen LogP contribution in [0.5, 0.6) is 0 Å². The highest BCUT2D eigenvalue weighted by Crippen LogP contribution is 2.36. The summed E-state index contributed by atoms with van der Waals surface area (Å²) in [6.45, 7) is 1.02. The Bertz CT molecular complexity index is 815. The minimum atomic E-state index is -0.0791. The minimum absolute atomic E-state index is 0.0580. The lowest BCUT2D eigenvalue weighted by molar-refractivity contribution is -0.147. The van der Waals surface area contributed by atoms with Gasteiger partial charge in [0.1, 0.15) is 0 Å². The van der Waals surface area contributed by atoms with Crippen LogP contribution in [0.15, 0.2) is 48.5 Å². The molecule has 0 N–H and O–H groups in total. The average Bonchev–Trinajstić information content (AvgIpc) is 2.71. The van der Waals surface area contributed by atoms with Gasteiger partial charge in [0.2, 0.25) is 0 Å². The molecule has 0 saturated heterocycles. The van der Waals surface area contributed by atoms with Gasteiger partial charge in [0.05, 0.1) is 25.0 Å². The number of fused-ring (bicyclic) bond motifs is 2. The molecule has 0 heterocycles. The summed E-state index contributed by atoms with van der Waals surface area (Å²) in [7, 11) is 0. The summed E-state index contributed by atoms with van der Waals surface area (Å²) >= 11 is 0. The molecule has 0 fully saturated rings. The molecule has 4 nitrogen and oxygen atoms in total. The summed E-state index contributed by atoms with van der Waals surface area (Å²) in [5, 5.41) is 0. The Hall–Kier alpha value is -2.62. The first-order chi connectivity index (χ1) is 14.7. The van der Waals surface area contributed by atoms with Crippen molar-refractivity contribution in [1.82, 2.24) is 0 Å². The molecule has 2 aliphatic carbocycles. The van der Waals surface area contributed by atoms with Crippen molar-refractivity contribution in [1.29, 1.82) is 0 Å². The first-order valence-electron chi connectivity index (χ1n) is 11.2. The molecular weight excluding hydrogens is 376 g/mol. The summed E-state index contributed by atoms with van der Waals surface area (Å²) in [5.74, 6) is -0.274. The fourth-order valence-corrected chi connectivity index (χ4v) is 4.40. The van der Waals surface area contributed by atoms with Crippen molar-refractivity contribution in [3.8, 4) is 0 Å². The van der Waals surface area contributed by atoms with Crippen molar-refractivity contribution in [2.45, 2.75) is 63.2 Å². The van der Waals surface area contributed by atoms with Gasteiger partial charge in [-0.05, 0) is 47.9 Å². The molecule has 2 atom stereocenters. The van der Waals surface area contributed by atoms with E-state index in [4.69, 9.17) is 9.47 Å². The Labute approximate surface area is 178 Å². The Morgan fingerprint density at radius 2 is 1.03 bits per heavy atom. The normalized spacial score (nSPS) is 18.4. The van der Waals surface area contributed by atoms with Gasteiger partial charge in [-0.15, -0.1) is 0 Å². The fourth-order valence-electron chi connectivity index (χ4n) is 4.40. The van der Waals surface area contributed by atoms with Crippen LogP contribution in [0, 0.1) is 0 Å². The van der Waals surface area contributed by atoms with E-state index in [1.165, 1.54) is 11.1 Å². The lowest BCUT2D eigenvalue weighted by Crippen LogP contribution is -2.27. The van der Waals surface area contributed by atoms with Crippen molar-refractivity contribution in [3.63, 3.8) is 0 Å². The van der Waals surface area contributed by atoms with E-state index in [0.717, 1.165) is 62.5 Å². The average molecular weight is 407 g/mol. The molecule has 2 unspecified atom stereocenters. The third-order valence-electron chi connectivity index (χ3n) is 6.31. The van der Waals surface area contributed by atoms with Crippen LogP contribution in [0.4, 0.5) is 0 Å². The topological polar surface area (TPSA) is 52.6 Å². The van der Waals surface area contributed by atoms with E-state index in [1.807, 2.05) is 36.4 Å². The van der Waals surface area contributed by atoms with Crippen molar-refractivity contribution in [2.75, 3.05) is 13.2 Å². The summed E-state index contributed by atoms with van der Waals surface area (Å²) < 4.78 is 10.9. The van der Waals surface area contributed by atoms with Gasteiger partial charge >= 0.3 is 11.9 Å². The molecule has 2 aromatic carbocycles. The number of hydrogen-bond donors (Lipinski definition) is 0. The van der Waals surface area contributed by atoms with E-state index in [9.17, 15) is 9.59 Å². The highest BCUT2D eigenvalue weighted by Gasteiger charge is 2.33. The molecule has 4 rings (SSSR count). The summed E-state index contributed by atoms with van der Waals surface area (Å²) in [4.78, 5) is 24.3. The zero-order valence-electron chi connectivity index (χ0n) is 17.5. The van der Waals surface area contributed by atoms with Crippen molar-refractivity contribution < 1.29 is 19.1 Å². The van der Waals surface area contributed by atoms with Crippen molar-refractivity contribution in [2.24, 2.45) is 0 Å². The molecule has 0 spiro atoms. The van der Waals surface area contributed by atoms with Gasteiger partial charge in [-0.2, -0.15) is 0 Å². The molecule has 158 valence electrons. The largest absolute Gasteiger partial charge is 0.465 e. The van der Waals surface area contributed by atoms with E-state index in [-0.39, 0.29) is 23.8 Å². The standard InChI is InChI=1S/C26H30O4/c27-25(23-17-19-11-5-7-13-21(19)23)29-15-9-3-1-2-4-10-16-30-26(28)24-18-20-12-6-8-14-22(20)24/h5-8,11-14,23-24H,1-4,9-10,15-18H2. The van der Waals surface area contributed by atoms with Crippen LogP contribution in [0.3, 0.4) is 0 Å². The van der Waals surface area contributed by atoms with Gasteiger partial charge in [-0.3, -0.25) is 9.59 Å². The van der Waals surface area contributed by atoms with Crippen LogP contribution < -0.4 is 0 Å². The van der Waals surface area contributed by atoms with Crippen LogP contribution in [0.2, 0.25) is 0 Å². The number of rotatable bonds is 11. The number of carbonyl (C=O) groups excluding carboxylic acids is 2. The summed E-state index contributed by atoms with van der Waals surface area (Å²) in [5.41, 5.74) is 4.79. The smallest absolute Gasteiger partial charge is 0.313 e. The minimum Gasteiger partial charge on any atom is -0.465 e. The second kappa shape index (κ2) is 9.92. The highest BCUT2D eigenvalue weighted by atomic mass is 16.5. The number of hydrogen-bond acceptors (Lipinski definition) is 4. The van der Waals surface area contributed by atoms with Gasteiger partial charge < -0.3 is 9.47 Å². The third kappa shape index (κ3) is 4.75. The Kier molecular flexibility index (Phi) is 6.83. The monoisotopic (exact) mass is 406 g/mol. The van der Waals surface area contributed by atoms with Crippen molar-refractivity contribution >= 4 is 11.9 Å². The lowest BCUT2D eigenvalue weighted by atomic mass is 9.78. The molecule has 0 amide bonds. The van der Waals surface area contributed by atoms with E-state index in [1.54, 1.807) is 0 Å². The Balaban J connectivity index is 0.979. The number of ether oxygens (including phenoxy) is 2. The van der Waals surface area contributed by atoms with E-state index < -0.39 is 0 Å². The number of carbonyl (C=O) groups is 2. The predicted molar refractivity (Wildman–Crippen MR) is 115 cm³/mol. The van der Waals surface area contributed by atoms with Crippen LogP contribution in [-0.2, 0) is 31.9 Å². The molecular formula is C26H30O4. The van der Waals surface area contributed by atoms with Crippen LogP contribution >= 0.6 is 0 Å². The molecule has 4 heteroatoms. The van der Waals surface area contributed by atoms with E-state index in [2.05, 4.69) is 12.1 Å². The molecule has 0 saturated carbocycles. The maximum atomic E-state index is 12.1. The quantitative estimate of drug-likeness (QED) is 0.385. The molecule has 0 bridgehead atoms. The molecule has 0 aliphatic heterocycles. The first kappa shape index (κ1) is 20.6. The Morgan fingerprint density at radius 1 is 0.633 bits per heavy atom. The molecule has 0 aromatic heterocycles. The van der Waals surface area contributed by atoms with Gasteiger partial charge in [-0.25, -0.2) is 0 Å². The van der Waals surface area contributed by atoms with Crippen LogP contribution in [0.1, 0.15) is 72.6 Å². The zero-order valence-corrected chi connectivity index (χ0v) is 17.5. The maximum Gasteiger partial charge on any atom is 0.313 e. The maximum absolute atomic E-state index is 12.1. The van der Waals surface area contributed by atoms with Gasteiger partial charge in [0.15, 0.2) is 0 Å². The SMILES string of the molecule is O=C(OCCCCCCCCOC(=O)C1Cc2ccccc21)C1Cc2ccccc21. The van der Waals surface area contributed by atoms with Crippen LogP contribution in [-0.4, -0.2) is 25.2 Å². The zero-order chi connectivity index (χ0) is 20.8. The second-order valence-electron chi connectivity index (χ2n) is 8.37. The van der Waals surface area contributed by atoms with Crippen LogP contribution in [0.25, 0.3) is 0 Å². The summed E-state index contributed by atoms with van der Waals surface area (Å²) in [6, 6.07) is 16.2. The Morgan fingerprint density at radius 3 is 1.47 bits per heavy atom. The fraction of sp³-hybridized carbons (Fsp3) is 0.462. The second-order valence-corrected chi connectivity index (χ2v) is 8.37. The highest BCUT2D eigenvalue weighted by molar-refractivity contribution is 5.82. The lowest BCUT2D eigenvalue weighted by Gasteiger charge is -2.28. The first-order valence-corrected chi connectivity index (χ1v) is 11.2. The van der Waals surface area contributed by atoms with Gasteiger partial charge in [0, 0.05) is 0 Å². The number of unbranched alkanes of at least 4 members (excludes halogenated alkanes) is 5. The van der Waals surface area contributed by atoms with Gasteiger partial charge in [-0.1, -0.05) is 74.2 Å². The van der Waals surface area contributed by atoms with E-state index >= 15 is 0 Å². The number of benzene rings is 2. The van der Waals surface area contributed by atoms with Crippen molar-refractivity contribution in [3.05, 3.63) is 70.8 Å². The summed E-state index contributed by atoms with van der Waals surface area (Å²) in [6.07, 6.45) is 7.81. The predicted octanol–water partition coefficient (Wildman–Crippen LogP) is 5.09. The molecule has 2 aliphatic rings. The molecule has 0 radical (unpaired) electrons. The third-order valence-corrected chi connectivity index (χ3v) is 6.31. The molecule has 30 heavy (non-hydrogen) atoms. The van der Waals surface area contributed by atoms with Gasteiger partial charge in [0.25, 0.3) is 0 Å². The molecule has 2 aromatic rings. The van der Waals surface area contributed by atoms with E-state index in [0.29, 0.717) is 13.2 Å².